The lowest BCUT2D eigenvalue weighted by molar-refractivity contribution is 1.46. The van der Waals surface area contributed by atoms with E-state index in [1.54, 1.807) is 0 Å². The van der Waals surface area contributed by atoms with Crippen molar-refractivity contribution >= 4 is 38.3 Å². The maximum atomic E-state index is 6.05. The van der Waals surface area contributed by atoms with Crippen LogP contribution in [0.2, 0.25) is 5.02 Å². The van der Waals surface area contributed by atoms with Gasteiger partial charge in [-0.25, -0.2) is 4.98 Å². The number of aromatic nitrogens is 1. The van der Waals surface area contributed by atoms with Crippen LogP contribution in [0, 0.1) is 6.92 Å². The predicted octanol–water partition coefficient (Wildman–Crippen LogP) is 2.84. The molecule has 2 aromatic rings. The van der Waals surface area contributed by atoms with E-state index in [-0.39, 0.29) is 0 Å². The van der Waals surface area contributed by atoms with Crippen molar-refractivity contribution in [3.63, 3.8) is 0 Å². The van der Waals surface area contributed by atoms with Crippen molar-refractivity contribution in [2.75, 3.05) is 5.73 Å². The van der Waals surface area contributed by atoms with Crippen LogP contribution in [-0.2, 0) is 0 Å². The highest BCUT2D eigenvalue weighted by atomic mass is 35.5. The fourth-order valence-electron chi connectivity index (χ4n) is 1.08. The molecule has 2 N–H and O–H groups in total. The number of anilines is 1. The molecule has 0 saturated carbocycles. The monoisotopic (exact) mass is 198 g/mol. The number of nitrogens with zero attached hydrogens (tertiary/aromatic N) is 1. The summed E-state index contributed by atoms with van der Waals surface area (Å²) in [7, 11) is 0. The largest absolute Gasteiger partial charge is 0.375 e. The van der Waals surface area contributed by atoms with Crippen LogP contribution in [0.4, 0.5) is 5.13 Å². The van der Waals surface area contributed by atoms with E-state index in [0.29, 0.717) is 5.13 Å². The van der Waals surface area contributed by atoms with Crippen LogP contribution in [0.15, 0.2) is 12.1 Å². The van der Waals surface area contributed by atoms with Gasteiger partial charge in [0.15, 0.2) is 5.13 Å². The average Bonchev–Trinajstić information content (AvgIpc) is 2.39. The Morgan fingerprint density at radius 1 is 1.50 bits per heavy atom. The summed E-state index contributed by atoms with van der Waals surface area (Å²) in [5.74, 6) is 0. The number of nitrogens with two attached hydrogens (primary N) is 1. The van der Waals surface area contributed by atoms with Gasteiger partial charge in [-0.1, -0.05) is 29.0 Å². The van der Waals surface area contributed by atoms with E-state index in [4.69, 9.17) is 17.3 Å². The van der Waals surface area contributed by atoms with Gasteiger partial charge in [-0.15, -0.1) is 0 Å². The summed E-state index contributed by atoms with van der Waals surface area (Å²) in [4.78, 5) is 4.13. The lowest BCUT2D eigenvalue weighted by Gasteiger charge is -1.95. The Kier molecular flexibility index (Phi) is 1.70. The number of hydrogen-bond donors (Lipinski definition) is 1. The lowest BCUT2D eigenvalue weighted by atomic mass is 10.2. The minimum atomic E-state index is 0.567. The molecule has 1 aromatic heterocycles. The number of hydrogen-bond acceptors (Lipinski definition) is 3. The summed E-state index contributed by atoms with van der Waals surface area (Å²) in [6, 6.07) is 3.88. The van der Waals surface area contributed by atoms with Gasteiger partial charge in [0.25, 0.3) is 0 Å². The third-order valence-corrected chi connectivity index (χ3v) is 3.22. The van der Waals surface area contributed by atoms with Gasteiger partial charge in [0, 0.05) is 0 Å². The summed E-state index contributed by atoms with van der Waals surface area (Å²) < 4.78 is 0.981. The van der Waals surface area contributed by atoms with Crippen LogP contribution < -0.4 is 5.73 Å². The van der Waals surface area contributed by atoms with Gasteiger partial charge in [0.1, 0.15) is 0 Å². The molecule has 1 heterocycles. The zero-order valence-electron chi connectivity index (χ0n) is 6.47. The summed E-state index contributed by atoms with van der Waals surface area (Å²) in [6.45, 7) is 1.97. The van der Waals surface area contributed by atoms with Gasteiger partial charge in [-0.2, -0.15) is 0 Å². The molecule has 0 aliphatic carbocycles. The smallest absolute Gasteiger partial charge is 0.181 e. The molecule has 0 spiro atoms. The molecule has 0 atom stereocenters. The van der Waals surface area contributed by atoms with Crippen molar-refractivity contribution in [1.29, 1.82) is 0 Å². The SMILES string of the molecule is Cc1ccc2nc(N)sc2c1Cl. The Bertz CT molecular complexity index is 436. The number of nitrogen functional groups attached to an aromatic ring is 1. The number of halogens is 1. The molecule has 0 amide bonds. The third kappa shape index (κ3) is 1.06. The van der Waals surface area contributed by atoms with Crippen molar-refractivity contribution in [3.8, 4) is 0 Å². The maximum absolute atomic E-state index is 6.05. The molecule has 2 rings (SSSR count). The summed E-state index contributed by atoms with van der Waals surface area (Å²) in [6.07, 6.45) is 0. The standard InChI is InChI=1S/C8H7ClN2S/c1-4-2-3-5-7(6(4)9)12-8(10)11-5/h2-3H,1H3,(H2,10,11). The van der Waals surface area contributed by atoms with Gasteiger partial charge in [0.05, 0.1) is 15.2 Å². The Morgan fingerprint density at radius 3 is 3.00 bits per heavy atom. The van der Waals surface area contributed by atoms with Crippen molar-refractivity contribution in [3.05, 3.63) is 22.7 Å². The molecule has 0 saturated heterocycles. The van der Waals surface area contributed by atoms with Crippen molar-refractivity contribution in [2.45, 2.75) is 6.92 Å². The molecule has 0 aliphatic rings. The molecule has 4 heteroatoms. The van der Waals surface area contributed by atoms with Crippen molar-refractivity contribution in [2.24, 2.45) is 0 Å². The fraction of sp³-hybridized carbons (Fsp3) is 0.125. The highest BCUT2D eigenvalue weighted by Crippen LogP contribution is 2.32. The molecule has 62 valence electrons. The number of rotatable bonds is 0. The summed E-state index contributed by atoms with van der Waals surface area (Å²) in [5.41, 5.74) is 7.50. The van der Waals surface area contributed by atoms with E-state index in [1.807, 2.05) is 19.1 Å². The Hall–Kier alpha value is -0.800. The number of aryl methyl sites for hydroxylation is 1. The average molecular weight is 199 g/mol. The van der Waals surface area contributed by atoms with Crippen LogP contribution >= 0.6 is 22.9 Å². The molecule has 12 heavy (non-hydrogen) atoms. The zero-order chi connectivity index (χ0) is 8.72. The number of benzene rings is 1. The first-order valence-electron chi connectivity index (χ1n) is 3.49. The molecule has 0 fully saturated rings. The van der Waals surface area contributed by atoms with E-state index in [1.165, 1.54) is 11.3 Å². The molecular weight excluding hydrogens is 192 g/mol. The van der Waals surface area contributed by atoms with Crippen molar-refractivity contribution < 1.29 is 0 Å². The Balaban J connectivity index is 2.89. The van der Waals surface area contributed by atoms with Gasteiger partial charge >= 0.3 is 0 Å². The highest BCUT2D eigenvalue weighted by Gasteiger charge is 2.06. The first kappa shape index (κ1) is 7.83. The Labute approximate surface area is 79.0 Å². The first-order chi connectivity index (χ1) is 5.68. The van der Waals surface area contributed by atoms with Crippen LogP contribution in [0.1, 0.15) is 5.56 Å². The quantitative estimate of drug-likeness (QED) is 0.707. The molecule has 2 nitrogen and oxygen atoms in total. The molecule has 0 radical (unpaired) electrons. The lowest BCUT2D eigenvalue weighted by Crippen LogP contribution is -1.79. The van der Waals surface area contributed by atoms with E-state index >= 15 is 0 Å². The van der Waals surface area contributed by atoms with Crippen LogP contribution in [0.25, 0.3) is 10.2 Å². The van der Waals surface area contributed by atoms with Gasteiger partial charge < -0.3 is 5.73 Å². The number of thiazole rings is 1. The molecule has 1 aromatic carbocycles. The maximum Gasteiger partial charge on any atom is 0.181 e. The van der Waals surface area contributed by atoms with E-state index in [9.17, 15) is 0 Å². The first-order valence-corrected chi connectivity index (χ1v) is 4.69. The second-order valence-corrected chi connectivity index (χ2v) is 4.01. The third-order valence-electron chi connectivity index (χ3n) is 1.71. The van der Waals surface area contributed by atoms with E-state index < -0.39 is 0 Å². The summed E-state index contributed by atoms with van der Waals surface area (Å²) in [5, 5.41) is 1.33. The van der Waals surface area contributed by atoms with Crippen LogP contribution in [-0.4, -0.2) is 4.98 Å². The van der Waals surface area contributed by atoms with Crippen LogP contribution in [0.5, 0.6) is 0 Å². The minimum absolute atomic E-state index is 0.567. The summed E-state index contributed by atoms with van der Waals surface area (Å²) >= 11 is 7.48. The van der Waals surface area contributed by atoms with Gasteiger partial charge in [-0.3, -0.25) is 0 Å². The highest BCUT2D eigenvalue weighted by molar-refractivity contribution is 7.22. The molecule has 0 bridgehead atoms. The minimum Gasteiger partial charge on any atom is -0.375 e. The van der Waals surface area contributed by atoms with E-state index in [2.05, 4.69) is 4.98 Å². The van der Waals surface area contributed by atoms with Crippen molar-refractivity contribution in [1.82, 2.24) is 4.98 Å². The zero-order valence-corrected chi connectivity index (χ0v) is 8.04. The van der Waals surface area contributed by atoms with E-state index in [0.717, 1.165) is 20.8 Å². The second-order valence-electron chi connectivity index (χ2n) is 2.60. The Morgan fingerprint density at radius 2 is 2.25 bits per heavy atom. The fourth-order valence-corrected chi connectivity index (χ4v) is 2.17. The van der Waals surface area contributed by atoms with Gasteiger partial charge in [0.2, 0.25) is 0 Å². The topological polar surface area (TPSA) is 38.9 Å². The number of fused-ring (bicyclic) bond motifs is 1. The van der Waals surface area contributed by atoms with Crippen LogP contribution in [0.3, 0.4) is 0 Å². The molecule has 0 unspecified atom stereocenters. The molecule has 0 aliphatic heterocycles. The normalized spacial score (nSPS) is 10.8. The predicted molar refractivity (Wildman–Crippen MR) is 53.8 cm³/mol. The van der Waals surface area contributed by atoms with Gasteiger partial charge in [-0.05, 0) is 18.6 Å². The molecular formula is C8H7ClN2S. The second kappa shape index (κ2) is 2.61.